The molecular weight excluding hydrogens is 605 g/mol. The number of aryl methyl sites for hydroxylation is 1. The van der Waals surface area contributed by atoms with Crippen LogP contribution in [0.1, 0.15) is 38.8 Å². The fourth-order valence-corrected chi connectivity index (χ4v) is 7.29. The number of aromatic nitrogens is 1. The summed E-state index contributed by atoms with van der Waals surface area (Å²) in [4.78, 5) is 2.43. The molecule has 2 nitrogen and oxygen atoms in total. The molecule has 0 aliphatic heterocycles. The van der Waals surface area contributed by atoms with Gasteiger partial charge in [0.25, 0.3) is 0 Å². The fourth-order valence-electron chi connectivity index (χ4n) is 7.29. The van der Waals surface area contributed by atoms with Crippen molar-refractivity contribution in [2.45, 2.75) is 39.5 Å². The first-order valence-electron chi connectivity index (χ1n) is 17.7. The molecule has 0 aliphatic rings. The van der Waals surface area contributed by atoms with Gasteiger partial charge in [-0.15, -0.1) is 0 Å². The Hall–Kier alpha value is -5.86. The van der Waals surface area contributed by atoms with E-state index in [4.69, 9.17) is 0 Å². The van der Waals surface area contributed by atoms with Crippen LogP contribution in [0.15, 0.2) is 170 Å². The quantitative estimate of drug-likeness (QED) is 0.167. The van der Waals surface area contributed by atoms with E-state index in [0.29, 0.717) is 0 Å². The third-order valence-corrected chi connectivity index (χ3v) is 9.95. The van der Waals surface area contributed by atoms with Crippen molar-refractivity contribution in [1.29, 1.82) is 0 Å². The molecule has 0 saturated heterocycles. The zero-order valence-electron chi connectivity index (χ0n) is 29.3. The molecule has 0 saturated carbocycles. The molecule has 244 valence electrons. The Labute approximate surface area is 295 Å². The minimum atomic E-state index is 0.0597. The topological polar surface area (TPSA) is 8.17 Å². The Bertz CT molecular complexity index is 2430. The molecule has 0 aliphatic carbocycles. The lowest BCUT2D eigenvalue weighted by molar-refractivity contribution is 0.591. The van der Waals surface area contributed by atoms with Crippen LogP contribution in [0.5, 0.6) is 0 Å². The van der Waals surface area contributed by atoms with Gasteiger partial charge in [-0.25, -0.2) is 0 Å². The van der Waals surface area contributed by atoms with Crippen LogP contribution in [0.4, 0.5) is 17.1 Å². The summed E-state index contributed by atoms with van der Waals surface area (Å²) in [7, 11) is 0. The second-order valence-corrected chi connectivity index (χ2v) is 14.1. The third kappa shape index (κ3) is 5.67. The van der Waals surface area contributed by atoms with Gasteiger partial charge in [0.15, 0.2) is 0 Å². The molecule has 0 radical (unpaired) electrons. The van der Waals surface area contributed by atoms with E-state index in [1.54, 1.807) is 0 Å². The van der Waals surface area contributed by atoms with E-state index in [9.17, 15) is 0 Å². The molecule has 1 heterocycles. The molecule has 0 fully saturated rings. The Morgan fingerprint density at radius 2 is 1.08 bits per heavy atom. The van der Waals surface area contributed by atoms with E-state index in [0.717, 1.165) is 17.8 Å². The van der Waals surface area contributed by atoms with Crippen LogP contribution in [0, 0.1) is 0 Å². The Morgan fingerprint density at radius 3 is 1.78 bits per heavy atom. The zero-order valence-corrected chi connectivity index (χ0v) is 29.3. The van der Waals surface area contributed by atoms with Crippen LogP contribution < -0.4 is 4.90 Å². The molecule has 0 bridgehead atoms. The van der Waals surface area contributed by atoms with Crippen molar-refractivity contribution in [2.24, 2.45) is 0 Å². The maximum Gasteiger partial charge on any atom is 0.0541 e. The lowest BCUT2D eigenvalue weighted by atomic mass is 9.86. The highest BCUT2D eigenvalue weighted by molar-refractivity contribution is 6.10. The first-order valence-corrected chi connectivity index (χ1v) is 17.7. The summed E-state index contributed by atoms with van der Waals surface area (Å²) in [6.45, 7) is 9.10. The highest BCUT2D eigenvalue weighted by Gasteiger charge is 2.21. The van der Waals surface area contributed by atoms with E-state index in [1.807, 2.05) is 0 Å². The molecule has 0 amide bonds. The molecule has 8 aromatic rings. The first-order chi connectivity index (χ1) is 24.4. The zero-order chi connectivity index (χ0) is 34.2. The minimum absolute atomic E-state index is 0.0597. The Morgan fingerprint density at radius 1 is 0.500 bits per heavy atom. The largest absolute Gasteiger partial charge is 0.310 e. The summed E-state index contributed by atoms with van der Waals surface area (Å²) in [6.07, 6.45) is 0.950. The minimum Gasteiger partial charge on any atom is -0.310 e. The maximum absolute atomic E-state index is 2.43. The van der Waals surface area contributed by atoms with Crippen molar-refractivity contribution in [3.63, 3.8) is 0 Å². The Balaban J connectivity index is 1.27. The normalized spacial score (nSPS) is 11.7. The summed E-state index contributed by atoms with van der Waals surface area (Å²) in [5, 5.41) is 2.56. The molecule has 0 N–H and O–H groups in total. The van der Waals surface area contributed by atoms with Crippen molar-refractivity contribution in [3.05, 3.63) is 181 Å². The van der Waals surface area contributed by atoms with Gasteiger partial charge < -0.3 is 9.47 Å². The number of para-hydroxylation sites is 3. The molecule has 8 rings (SSSR count). The van der Waals surface area contributed by atoms with E-state index in [2.05, 4.69) is 207 Å². The molecule has 0 unspecified atom stereocenters. The van der Waals surface area contributed by atoms with Crippen LogP contribution in [0.25, 0.3) is 49.7 Å². The average Bonchev–Trinajstić information content (AvgIpc) is 3.49. The number of anilines is 3. The third-order valence-electron chi connectivity index (χ3n) is 9.95. The maximum atomic E-state index is 2.43. The van der Waals surface area contributed by atoms with Crippen molar-refractivity contribution in [2.75, 3.05) is 4.90 Å². The SMILES string of the molecule is CCc1ccccc1N(c1ccc(-c2ccc3c(c2)c2cc(C(C)(C)C)ccc2n3-c2ccccc2)cc1)c1ccccc1-c1ccccc1. The van der Waals surface area contributed by atoms with E-state index >= 15 is 0 Å². The smallest absolute Gasteiger partial charge is 0.0541 e. The fraction of sp³-hybridized carbons (Fsp3) is 0.125. The van der Waals surface area contributed by atoms with E-state index in [-0.39, 0.29) is 5.41 Å². The van der Waals surface area contributed by atoms with Crippen LogP contribution in [0.3, 0.4) is 0 Å². The molecule has 0 atom stereocenters. The summed E-state index contributed by atoms with van der Waals surface area (Å²) in [6, 6.07) is 62.0. The van der Waals surface area contributed by atoms with Crippen LogP contribution >= 0.6 is 0 Å². The van der Waals surface area contributed by atoms with Crippen molar-refractivity contribution < 1.29 is 0 Å². The molecule has 2 heteroatoms. The van der Waals surface area contributed by atoms with Gasteiger partial charge in [0, 0.05) is 33.4 Å². The molecule has 1 aromatic heterocycles. The standard InChI is InChI=1S/C48H42N2/c1-5-34-16-12-14-22-44(34)49(45-23-15-13-21-41(45)36-17-8-6-9-18-36)40-28-24-35(25-29-40)37-26-30-46-42(32-37)43-33-38(48(2,3)4)27-31-47(43)50(46)39-19-10-7-11-20-39/h6-33H,5H2,1-4H3. The van der Waals surface area contributed by atoms with Gasteiger partial charge in [-0.2, -0.15) is 0 Å². The van der Waals surface area contributed by atoms with E-state index < -0.39 is 0 Å². The van der Waals surface area contributed by atoms with E-state index in [1.165, 1.54) is 66.6 Å². The number of fused-ring (bicyclic) bond motifs is 3. The average molecular weight is 647 g/mol. The summed E-state index contributed by atoms with van der Waals surface area (Å²) in [5.41, 5.74) is 14.7. The van der Waals surface area contributed by atoms with Crippen molar-refractivity contribution in [3.8, 4) is 27.9 Å². The predicted molar refractivity (Wildman–Crippen MR) is 214 cm³/mol. The van der Waals surface area contributed by atoms with Crippen molar-refractivity contribution in [1.82, 2.24) is 4.57 Å². The van der Waals surface area contributed by atoms with Crippen LogP contribution in [0.2, 0.25) is 0 Å². The lowest BCUT2D eigenvalue weighted by Crippen LogP contribution is -2.13. The van der Waals surface area contributed by atoms with Gasteiger partial charge in [0.05, 0.1) is 16.7 Å². The number of nitrogens with zero attached hydrogens (tertiary/aromatic N) is 2. The summed E-state index contributed by atoms with van der Waals surface area (Å²) >= 11 is 0. The van der Waals surface area contributed by atoms with Gasteiger partial charge in [0.2, 0.25) is 0 Å². The highest BCUT2D eigenvalue weighted by atomic mass is 15.1. The number of benzene rings is 7. The van der Waals surface area contributed by atoms with Crippen LogP contribution in [-0.2, 0) is 11.8 Å². The molecule has 50 heavy (non-hydrogen) atoms. The highest BCUT2D eigenvalue weighted by Crippen LogP contribution is 2.43. The van der Waals surface area contributed by atoms with Gasteiger partial charge in [-0.05, 0) is 100 Å². The monoisotopic (exact) mass is 646 g/mol. The molecular formula is C48H42N2. The second kappa shape index (κ2) is 12.9. The van der Waals surface area contributed by atoms with Gasteiger partial charge in [0.1, 0.15) is 0 Å². The molecule has 7 aromatic carbocycles. The molecule has 0 spiro atoms. The number of hydrogen-bond donors (Lipinski definition) is 0. The summed E-state index contributed by atoms with van der Waals surface area (Å²) < 4.78 is 2.40. The predicted octanol–water partition coefficient (Wildman–Crippen LogP) is 13.4. The summed E-state index contributed by atoms with van der Waals surface area (Å²) in [5.74, 6) is 0. The Kier molecular flexibility index (Phi) is 8.09. The second-order valence-electron chi connectivity index (χ2n) is 14.1. The van der Waals surface area contributed by atoms with Gasteiger partial charge in [-0.3, -0.25) is 0 Å². The first kappa shape index (κ1) is 31.4. The van der Waals surface area contributed by atoms with Crippen LogP contribution in [-0.4, -0.2) is 4.57 Å². The van der Waals surface area contributed by atoms with Gasteiger partial charge >= 0.3 is 0 Å². The lowest BCUT2D eigenvalue weighted by Gasteiger charge is -2.29. The number of rotatable bonds is 7. The number of hydrogen-bond acceptors (Lipinski definition) is 1. The van der Waals surface area contributed by atoms with Crippen molar-refractivity contribution >= 4 is 38.9 Å². The van der Waals surface area contributed by atoms with Gasteiger partial charge in [-0.1, -0.05) is 137 Å².